The van der Waals surface area contributed by atoms with Gasteiger partial charge in [0.2, 0.25) is 0 Å². The predicted octanol–water partition coefficient (Wildman–Crippen LogP) is 1.70. The average molecular weight is 201 g/mol. The minimum absolute atomic E-state index is 0.300. The molecule has 15 heavy (non-hydrogen) atoms. The molecule has 0 N–H and O–H groups in total. The maximum absolute atomic E-state index is 11.4. The van der Waals surface area contributed by atoms with Gasteiger partial charge in [0.05, 0.1) is 19.2 Å². The molecule has 0 radical (unpaired) electrons. The van der Waals surface area contributed by atoms with E-state index >= 15 is 0 Å². The van der Waals surface area contributed by atoms with Gasteiger partial charge >= 0.3 is 5.97 Å². The molecule has 0 amide bonds. The van der Waals surface area contributed by atoms with Crippen molar-refractivity contribution in [3.63, 3.8) is 0 Å². The molecule has 76 valence electrons. The molecule has 0 aromatic heterocycles. The van der Waals surface area contributed by atoms with Gasteiger partial charge < -0.3 is 4.74 Å². The van der Waals surface area contributed by atoms with Crippen LogP contribution < -0.4 is 0 Å². The molecule has 1 aromatic carbocycles. The Balaban J connectivity index is 2.42. The molecule has 0 spiro atoms. The zero-order valence-corrected chi connectivity index (χ0v) is 8.43. The number of rotatable bonds is 2. The lowest BCUT2D eigenvalue weighted by molar-refractivity contribution is -0.135. The van der Waals surface area contributed by atoms with E-state index in [9.17, 15) is 4.79 Å². The van der Waals surface area contributed by atoms with Crippen molar-refractivity contribution in [3.05, 3.63) is 41.5 Å². The molecule has 3 nitrogen and oxygen atoms in total. The van der Waals surface area contributed by atoms with Crippen LogP contribution in [0, 0.1) is 0 Å². The number of hydrogen-bond acceptors (Lipinski definition) is 3. The Hall–Kier alpha value is -1.90. The maximum Gasteiger partial charge on any atom is 0.336 e. The fourth-order valence-corrected chi connectivity index (χ4v) is 1.56. The summed E-state index contributed by atoms with van der Waals surface area (Å²) in [4.78, 5) is 15.5. The van der Waals surface area contributed by atoms with Crippen LogP contribution in [0.5, 0.6) is 0 Å². The quantitative estimate of drug-likeness (QED) is 0.683. The van der Waals surface area contributed by atoms with Crippen LogP contribution in [0.4, 0.5) is 0 Å². The third kappa shape index (κ3) is 1.81. The van der Waals surface area contributed by atoms with Gasteiger partial charge in [0.25, 0.3) is 0 Å². The summed E-state index contributed by atoms with van der Waals surface area (Å²) in [5.74, 6) is -0.300. The number of carbonyl (C=O) groups excluding carboxylic acids is 1. The van der Waals surface area contributed by atoms with E-state index in [0.29, 0.717) is 12.1 Å². The van der Waals surface area contributed by atoms with Crippen molar-refractivity contribution in [1.29, 1.82) is 0 Å². The van der Waals surface area contributed by atoms with Gasteiger partial charge in [-0.1, -0.05) is 30.3 Å². The van der Waals surface area contributed by atoms with E-state index < -0.39 is 0 Å². The summed E-state index contributed by atoms with van der Waals surface area (Å²) in [6.45, 7) is 0.414. The minimum atomic E-state index is -0.300. The van der Waals surface area contributed by atoms with E-state index in [2.05, 4.69) is 4.99 Å². The molecule has 3 heteroatoms. The van der Waals surface area contributed by atoms with Crippen LogP contribution in [0.2, 0.25) is 0 Å². The fourth-order valence-electron chi connectivity index (χ4n) is 1.56. The van der Waals surface area contributed by atoms with Crippen molar-refractivity contribution < 1.29 is 9.53 Å². The monoisotopic (exact) mass is 201 g/mol. The first kappa shape index (κ1) is 9.65. The van der Waals surface area contributed by atoms with Crippen LogP contribution in [0.3, 0.4) is 0 Å². The van der Waals surface area contributed by atoms with Crippen molar-refractivity contribution in [3.8, 4) is 0 Å². The van der Waals surface area contributed by atoms with Crippen LogP contribution in [0.15, 0.2) is 40.9 Å². The highest BCUT2D eigenvalue weighted by molar-refractivity contribution is 6.20. The van der Waals surface area contributed by atoms with Gasteiger partial charge in [0.15, 0.2) is 0 Å². The Bertz CT molecular complexity index is 432. The number of allylic oxidation sites excluding steroid dienone is 1. The number of carbonyl (C=O) groups is 1. The number of methoxy groups -OCH3 is 1. The van der Waals surface area contributed by atoms with Crippen LogP contribution in [0.25, 0.3) is 5.57 Å². The summed E-state index contributed by atoms with van der Waals surface area (Å²) in [5, 5.41) is 0. The normalized spacial score (nSPS) is 14.5. The summed E-state index contributed by atoms with van der Waals surface area (Å²) in [6, 6.07) is 9.71. The molecule has 0 saturated carbocycles. The highest BCUT2D eigenvalue weighted by atomic mass is 16.5. The van der Waals surface area contributed by atoms with E-state index in [-0.39, 0.29) is 5.97 Å². The molecule has 0 aliphatic carbocycles. The Morgan fingerprint density at radius 2 is 2.07 bits per heavy atom. The molecule has 0 saturated heterocycles. The first-order valence-corrected chi connectivity index (χ1v) is 4.69. The van der Waals surface area contributed by atoms with Crippen molar-refractivity contribution in [2.75, 3.05) is 13.7 Å². The first-order chi connectivity index (χ1) is 7.33. The van der Waals surface area contributed by atoms with Crippen molar-refractivity contribution in [1.82, 2.24) is 0 Å². The van der Waals surface area contributed by atoms with Gasteiger partial charge in [-0.3, -0.25) is 4.99 Å². The van der Waals surface area contributed by atoms with Gasteiger partial charge in [0, 0.05) is 11.8 Å². The second-order valence-electron chi connectivity index (χ2n) is 3.22. The highest BCUT2D eigenvalue weighted by Gasteiger charge is 2.19. The second kappa shape index (κ2) is 4.09. The number of hydrogen-bond donors (Lipinski definition) is 0. The molecule has 1 heterocycles. The summed E-state index contributed by atoms with van der Waals surface area (Å²) in [7, 11) is 1.39. The van der Waals surface area contributed by atoms with Crippen LogP contribution >= 0.6 is 0 Å². The summed E-state index contributed by atoms with van der Waals surface area (Å²) in [5.41, 5.74) is 2.49. The SMILES string of the molecule is COC(=O)C1=C(c2ccccc2)C=NC1. The topological polar surface area (TPSA) is 38.7 Å². The lowest BCUT2D eigenvalue weighted by Crippen LogP contribution is -2.07. The molecule has 0 bridgehead atoms. The molecule has 0 atom stereocenters. The number of ether oxygens (including phenoxy) is 1. The molecule has 1 aliphatic heterocycles. The fraction of sp³-hybridized carbons (Fsp3) is 0.167. The third-order valence-electron chi connectivity index (χ3n) is 2.31. The smallest absolute Gasteiger partial charge is 0.336 e. The minimum Gasteiger partial charge on any atom is -0.466 e. The Kier molecular flexibility index (Phi) is 2.63. The zero-order chi connectivity index (χ0) is 10.7. The number of benzene rings is 1. The summed E-state index contributed by atoms with van der Waals surface area (Å²) < 4.78 is 4.71. The Labute approximate surface area is 88.1 Å². The van der Waals surface area contributed by atoms with E-state index in [0.717, 1.165) is 11.1 Å². The largest absolute Gasteiger partial charge is 0.466 e. The van der Waals surface area contributed by atoms with Gasteiger partial charge in [-0.05, 0) is 5.56 Å². The Morgan fingerprint density at radius 1 is 1.33 bits per heavy atom. The van der Waals surface area contributed by atoms with Gasteiger partial charge in [-0.15, -0.1) is 0 Å². The molecule has 0 fully saturated rings. The lowest BCUT2D eigenvalue weighted by atomic mass is 10.0. The van der Waals surface area contributed by atoms with Crippen molar-refractivity contribution >= 4 is 17.8 Å². The molecular weight excluding hydrogens is 190 g/mol. The number of esters is 1. The van der Waals surface area contributed by atoms with Crippen LogP contribution in [0.1, 0.15) is 5.56 Å². The average Bonchev–Trinajstić information content (AvgIpc) is 2.78. The van der Waals surface area contributed by atoms with Gasteiger partial charge in [-0.2, -0.15) is 0 Å². The Morgan fingerprint density at radius 3 is 2.73 bits per heavy atom. The van der Waals surface area contributed by atoms with Crippen LogP contribution in [-0.4, -0.2) is 25.8 Å². The lowest BCUT2D eigenvalue weighted by Gasteiger charge is -2.03. The summed E-state index contributed by atoms with van der Waals surface area (Å²) >= 11 is 0. The molecule has 1 aromatic rings. The highest BCUT2D eigenvalue weighted by Crippen LogP contribution is 2.22. The first-order valence-electron chi connectivity index (χ1n) is 4.69. The summed E-state index contributed by atoms with van der Waals surface area (Å²) in [6.07, 6.45) is 1.72. The zero-order valence-electron chi connectivity index (χ0n) is 8.43. The maximum atomic E-state index is 11.4. The predicted molar refractivity (Wildman–Crippen MR) is 58.7 cm³/mol. The van der Waals surface area contributed by atoms with Crippen molar-refractivity contribution in [2.45, 2.75) is 0 Å². The van der Waals surface area contributed by atoms with Crippen LogP contribution in [-0.2, 0) is 9.53 Å². The molecule has 1 aliphatic rings. The molecular formula is C12H11NO2. The van der Waals surface area contributed by atoms with E-state index in [4.69, 9.17) is 4.74 Å². The van der Waals surface area contributed by atoms with E-state index in [1.807, 2.05) is 30.3 Å². The number of aliphatic imine (C=N–C) groups is 1. The second-order valence-corrected chi connectivity index (χ2v) is 3.22. The van der Waals surface area contributed by atoms with Gasteiger partial charge in [0.1, 0.15) is 0 Å². The van der Waals surface area contributed by atoms with E-state index in [1.165, 1.54) is 7.11 Å². The van der Waals surface area contributed by atoms with E-state index in [1.54, 1.807) is 6.21 Å². The molecule has 0 unspecified atom stereocenters. The third-order valence-corrected chi connectivity index (χ3v) is 2.31. The van der Waals surface area contributed by atoms with Gasteiger partial charge in [-0.25, -0.2) is 4.79 Å². The van der Waals surface area contributed by atoms with Crippen molar-refractivity contribution in [2.24, 2.45) is 4.99 Å². The molecule has 2 rings (SSSR count). The standard InChI is InChI=1S/C12H11NO2/c1-15-12(14)11-8-13-7-10(11)9-5-3-2-4-6-9/h2-7H,8H2,1H3. The number of nitrogens with zero attached hydrogens (tertiary/aromatic N) is 1.